The zero-order valence-electron chi connectivity index (χ0n) is 9.45. The van der Waals surface area contributed by atoms with Crippen molar-refractivity contribution in [3.05, 3.63) is 0 Å². The molecule has 0 aromatic carbocycles. The molecule has 0 rings (SSSR count). The molecule has 0 aromatic heterocycles. The van der Waals surface area contributed by atoms with Gasteiger partial charge in [-0.1, -0.05) is 39.5 Å². The summed E-state index contributed by atoms with van der Waals surface area (Å²) in [5.41, 5.74) is -1.56. The van der Waals surface area contributed by atoms with Crippen LogP contribution in [0.4, 0.5) is 0 Å². The van der Waals surface area contributed by atoms with E-state index in [0.717, 1.165) is 12.8 Å². The van der Waals surface area contributed by atoms with Crippen LogP contribution in [0.1, 0.15) is 52.4 Å². The van der Waals surface area contributed by atoms with Crippen molar-refractivity contribution >= 4 is 60.8 Å². The van der Waals surface area contributed by atoms with Crippen LogP contribution < -0.4 is 0 Å². The molecule has 0 atom stereocenters. The molecular formula is C11H22BaO4. The Bertz CT molecular complexity index is 204. The van der Waals surface area contributed by atoms with Crippen LogP contribution in [-0.4, -0.2) is 71.0 Å². The van der Waals surface area contributed by atoms with Gasteiger partial charge in [0, 0.05) is 0 Å². The van der Waals surface area contributed by atoms with E-state index in [9.17, 15) is 9.59 Å². The Balaban J connectivity index is 0. The Hall–Kier alpha value is 0.511. The van der Waals surface area contributed by atoms with Gasteiger partial charge in [-0.05, 0) is 12.8 Å². The fourth-order valence-corrected chi connectivity index (χ4v) is 1.60. The third-order valence-corrected chi connectivity index (χ3v) is 2.73. The number of carboxylic acids is 2. The molecule has 0 aliphatic carbocycles. The van der Waals surface area contributed by atoms with E-state index in [1.54, 1.807) is 0 Å². The minimum absolute atomic E-state index is 0. The van der Waals surface area contributed by atoms with E-state index in [4.69, 9.17) is 10.2 Å². The summed E-state index contributed by atoms with van der Waals surface area (Å²) in [7, 11) is 0. The quantitative estimate of drug-likeness (QED) is 0.512. The first-order chi connectivity index (χ1) is 7.01. The van der Waals surface area contributed by atoms with Gasteiger partial charge < -0.3 is 10.2 Å². The van der Waals surface area contributed by atoms with E-state index in [1.807, 2.05) is 13.8 Å². The summed E-state index contributed by atoms with van der Waals surface area (Å²) in [4.78, 5) is 22.2. The second-order valence-corrected chi connectivity index (χ2v) is 3.90. The van der Waals surface area contributed by atoms with Crippen LogP contribution in [0.3, 0.4) is 0 Å². The van der Waals surface area contributed by atoms with Crippen LogP contribution in [0.15, 0.2) is 0 Å². The molecule has 0 aliphatic heterocycles. The third-order valence-electron chi connectivity index (χ3n) is 2.73. The van der Waals surface area contributed by atoms with E-state index >= 15 is 0 Å². The number of hydrogen-bond donors (Lipinski definition) is 2. The summed E-state index contributed by atoms with van der Waals surface area (Å²) in [6.07, 6.45) is 3.37. The fraction of sp³-hybridized carbons (Fsp3) is 0.818. The van der Waals surface area contributed by atoms with Crippen LogP contribution in [0.25, 0.3) is 0 Å². The minimum atomic E-state index is -1.56. The van der Waals surface area contributed by atoms with Crippen molar-refractivity contribution in [2.24, 2.45) is 5.41 Å². The Labute approximate surface area is 137 Å². The van der Waals surface area contributed by atoms with Gasteiger partial charge in [0.2, 0.25) is 0 Å². The van der Waals surface area contributed by atoms with E-state index in [0.29, 0.717) is 12.8 Å². The number of rotatable bonds is 8. The molecule has 92 valence electrons. The van der Waals surface area contributed by atoms with Crippen LogP contribution in [0.2, 0.25) is 0 Å². The Morgan fingerprint density at radius 2 is 1.25 bits per heavy atom. The topological polar surface area (TPSA) is 74.6 Å². The third kappa shape index (κ3) is 5.23. The second-order valence-electron chi connectivity index (χ2n) is 3.90. The molecule has 0 bridgehead atoms. The van der Waals surface area contributed by atoms with Crippen molar-refractivity contribution in [2.45, 2.75) is 52.4 Å². The molecule has 0 spiro atoms. The summed E-state index contributed by atoms with van der Waals surface area (Å²) >= 11 is 0. The summed E-state index contributed by atoms with van der Waals surface area (Å²) in [5, 5.41) is 18.1. The molecule has 2 N–H and O–H groups in total. The Kier molecular flexibility index (Phi) is 11.2. The number of unbranched alkanes of at least 4 members (excludes halogenated alkanes) is 2. The molecule has 5 heteroatoms. The zero-order chi connectivity index (χ0) is 11.9. The summed E-state index contributed by atoms with van der Waals surface area (Å²) in [6.45, 7) is 3.85. The molecule has 0 aromatic rings. The van der Waals surface area contributed by atoms with Crippen molar-refractivity contribution in [2.75, 3.05) is 0 Å². The number of carboxylic acid groups (broad SMARTS) is 2. The summed E-state index contributed by atoms with van der Waals surface area (Å²) in [6, 6.07) is 0. The Morgan fingerprint density at radius 1 is 0.938 bits per heavy atom. The standard InChI is InChI=1S/C11H20O4.Ba.2H/c1-3-5-7-11(9(12)13,10(14)15)8-6-4-2;;;/h3-8H2,1-2H3,(H,12,13)(H,14,15);;;. The predicted octanol–water partition coefficient (Wildman–Crippen LogP) is 1.61. The average Bonchev–Trinajstić information content (AvgIpc) is 2.17. The molecule has 0 saturated carbocycles. The van der Waals surface area contributed by atoms with Crippen molar-refractivity contribution in [3.8, 4) is 0 Å². The van der Waals surface area contributed by atoms with E-state index in [2.05, 4.69) is 0 Å². The summed E-state index contributed by atoms with van der Waals surface area (Å²) < 4.78 is 0. The van der Waals surface area contributed by atoms with Gasteiger partial charge in [-0.25, -0.2) is 0 Å². The molecule has 0 saturated heterocycles. The first kappa shape index (κ1) is 18.9. The van der Waals surface area contributed by atoms with E-state index < -0.39 is 17.4 Å². The first-order valence-corrected chi connectivity index (χ1v) is 5.48. The SMILES string of the molecule is CCCCC(CCCC)(C(=O)O)C(=O)O.[BaH2]. The molecule has 16 heavy (non-hydrogen) atoms. The molecule has 0 heterocycles. The second kappa shape index (κ2) is 9.53. The zero-order valence-corrected chi connectivity index (χ0v) is 9.45. The van der Waals surface area contributed by atoms with Crippen molar-refractivity contribution in [3.63, 3.8) is 0 Å². The van der Waals surface area contributed by atoms with Crippen LogP contribution in [0.5, 0.6) is 0 Å². The molecule has 4 nitrogen and oxygen atoms in total. The van der Waals surface area contributed by atoms with Gasteiger partial charge in [-0.3, -0.25) is 9.59 Å². The van der Waals surface area contributed by atoms with Gasteiger partial charge in [-0.2, -0.15) is 0 Å². The van der Waals surface area contributed by atoms with E-state index in [1.165, 1.54) is 0 Å². The van der Waals surface area contributed by atoms with Gasteiger partial charge in [0.25, 0.3) is 0 Å². The van der Waals surface area contributed by atoms with Gasteiger partial charge in [0.1, 0.15) is 0 Å². The maximum absolute atomic E-state index is 11.1. The molecule has 0 radical (unpaired) electrons. The predicted molar refractivity (Wildman–Crippen MR) is 65.3 cm³/mol. The molecule has 0 amide bonds. The monoisotopic (exact) mass is 356 g/mol. The Morgan fingerprint density at radius 3 is 1.44 bits per heavy atom. The maximum atomic E-state index is 11.1. The van der Waals surface area contributed by atoms with Crippen molar-refractivity contribution < 1.29 is 19.8 Å². The molecule has 0 unspecified atom stereocenters. The van der Waals surface area contributed by atoms with Crippen molar-refractivity contribution in [1.29, 1.82) is 0 Å². The van der Waals surface area contributed by atoms with Crippen LogP contribution in [-0.2, 0) is 9.59 Å². The van der Waals surface area contributed by atoms with Crippen molar-refractivity contribution in [1.82, 2.24) is 0 Å². The number of hydrogen-bond acceptors (Lipinski definition) is 2. The fourth-order valence-electron chi connectivity index (χ4n) is 1.60. The molecule has 0 fully saturated rings. The van der Waals surface area contributed by atoms with Crippen LogP contribution in [0, 0.1) is 5.41 Å². The van der Waals surface area contributed by atoms with Gasteiger partial charge in [0.05, 0.1) is 0 Å². The van der Waals surface area contributed by atoms with Gasteiger partial charge in [-0.15, -0.1) is 0 Å². The molecular weight excluding hydrogens is 333 g/mol. The normalized spacial score (nSPS) is 10.6. The average molecular weight is 356 g/mol. The van der Waals surface area contributed by atoms with E-state index in [-0.39, 0.29) is 61.7 Å². The number of carbonyl (C=O) groups is 2. The number of aliphatic carboxylic acids is 2. The van der Waals surface area contributed by atoms with Gasteiger partial charge in [0.15, 0.2) is 5.41 Å². The molecule has 0 aliphatic rings. The summed E-state index contributed by atoms with van der Waals surface area (Å²) in [5.74, 6) is -2.39. The van der Waals surface area contributed by atoms with Gasteiger partial charge >= 0.3 is 60.8 Å². The van der Waals surface area contributed by atoms with Crippen LogP contribution >= 0.6 is 0 Å². The first-order valence-electron chi connectivity index (χ1n) is 5.48.